The van der Waals surface area contributed by atoms with Crippen LogP contribution in [0.2, 0.25) is 0 Å². The third kappa shape index (κ3) is 20.6. The molecule has 4 amide bonds. The number of aliphatic hydroxyl groups excluding tert-OH is 1. The van der Waals surface area contributed by atoms with E-state index in [9.17, 15) is 34.2 Å². The zero-order chi connectivity index (χ0) is 59.7. The van der Waals surface area contributed by atoms with E-state index in [-0.39, 0.29) is 62.7 Å². The van der Waals surface area contributed by atoms with E-state index in [1.54, 1.807) is 41.8 Å². The van der Waals surface area contributed by atoms with Crippen molar-refractivity contribution < 1.29 is 62.6 Å². The fraction of sp³-hybridized carbons (Fsp3) is 0.565. The fourth-order valence-corrected chi connectivity index (χ4v) is 11.2. The molecular weight excluding hydrogens is 1100 g/mol. The lowest BCUT2D eigenvalue weighted by molar-refractivity contribution is -0.144. The number of anilines is 1. The molecule has 3 aliphatic rings. The number of ketones is 1. The number of rotatable bonds is 37. The van der Waals surface area contributed by atoms with Gasteiger partial charge in [0.05, 0.1) is 100 Å². The largest absolute Gasteiger partial charge is 0.507 e. The number of nitrogens with zero attached hydrogens (tertiary/aromatic N) is 5. The van der Waals surface area contributed by atoms with E-state index in [0.717, 1.165) is 91.3 Å². The Morgan fingerprint density at radius 2 is 1.42 bits per heavy atom. The van der Waals surface area contributed by atoms with E-state index in [1.165, 1.54) is 11.0 Å². The average Bonchev–Trinajstić information content (AvgIpc) is 2.77. The first-order valence-electron chi connectivity index (χ1n) is 29.5. The van der Waals surface area contributed by atoms with Crippen LogP contribution in [0.5, 0.6) is 11.5 Å². The van der Waals surface area contributed by atoms with Crippen molar-refractivity contribution in [2.45, 2.75) is 122 Å². The molecule has 458 valence electrons. The number of carbonyl (C=O) groups excluding carboxylic acids is 5. The predicted molar refractivity (Wildman–Crippen MR) is 319 cm³/mol. The van der Waals surface area contributed by atoms with Gasteiger partial charge in [0, 0.05) is 69.9 Å². The minimum absolute atomic E-state index is 0.00813. The summed E-state index contributed by atoms with van der Waals surface area (Å²) in [6, 6.07) is 17.2. The number of para-hydroxylation sites is 1. The SMILES string of the molecule is Cc1ncsc1-c1ccc(CNC(=O)[C@@H]2C[C@@H](O)CN2C(=O)[C@@H](NC(=O)COCCOCCOCCOCCOCCNC(=O)CCCCCCCCOc2ccc(N3C[C@H]4C[C@@H]3CN4/C=C/C(=O)c3ccccc3O)nc2)C(C)(C)C)cc1. The lowest BCUT2D eigenvalue weighted by Gasteiger charge is -2.35. The second-order valence-electron chi connectivity index (χ2n) is 22.5. The molecule has 3 saturated heterocycles. The molecule has 84 heavy (non-hydrogen) atoms. The highest BCUT2D eigenvalue weighted by molar-refractivity contribution is 7.13. The van der Waals surface area contributed by atoms with Crippen molar-refractivity contribution in [1.29, 1.82) is 0 Å². The summed E-state index contributed by atoms with van der Waals surface area (Å²) in [4.78, 5) is 81.1. The number of benzene rings is 2. The van der Waals surface area contributed by atoms with E-state index in [0.29, 0.717) is 83.5 Å². The highest BCUT2D eigenvalue weighted by Crippen LogP contribution is 2.35. The Morgan fingerprint density at radius 1 is 0.738 bits per heavy atom. The number of aliphatic hydroxyl groups is 1. The molecular formula is C62H86N8O13S. The molecule has 0 radical (unpaired) electrons. The zero-order valence-corrected chi connectivity index (χ0v) is 50.0. The monoisotopic (exact) mass is 1180 g/mol. The van der Waals surface area contributed by atoms with Crippen LogP contribution in [0, 0.1) is 12.3 Å². The molecule has 0 spiro atoms. The summed E-state index contributed by atoms with van der Waals surface area (Å²) in [5.74, 6) is 0.195. The van der Waals surface area contributed by atoms with Crippen LogP contribution in [0.4, 0.5) is 5.82 Å². The van der Waals surface area contributed by atoms with Gasteiger partial charge in [-0.3, -0.25) is 24.0 Å². The van der Waals surface area contributed by atoms with E-state index >= 15 is 0 Å². The van der Waals surface area contributed by atoms with Gasteiger partial charge in [0.25, 0.3) is 0 Å². The summed E-state index contributed by atoms with van der Waals surface area (Å²) < 4.78 is 33.7. The van der Waals surface area contributed by atoms with Crippen LogP contribution in [0.15, 0.2) is 84.6 Å². The molecule has 5 N–H and O–H groups in total. The molecule has 5 heterocycles. The van der Waals surface area contributed by atoms with Gasteiger partial charge < -0.3 is 69.3 Å². The van der Waals surface area contributed by atoms with Gasteiger partial charge >= 0.3 is 0 Å². The Labute approximate surface area is 497 Å². The number of phenolic OH excluding ortho intramolecular Hbond substituents is 1. The molecule has 2 aromatic heterocycles. The number of amides is 4. The van der Waals surface area contributed by atoms with Crippen molar-refractivity contribution in [2.75, 3.05) is 104 Å². The summed E-state index contributed by atoms with van der Waals surface area (Å²) >= 11 is 1.57. The molecule has 0 saturated carbocycles. The Kier molecular flexibility index (Phi) is 26.2. The summed E-state index contributed by atoms with van der Waals surface area (Å²) in [5.41, 5.74) is 4.31. The number of aromatic nitrogens is 2. The highest BCUT2D eigenvalue weighted by Gasteiger charge is 2.45. The summed E-state index contributed by atoms with van der Waals surface area (Å²) in [5, 5.41) is 29.2. The van der Waals surface area contributed by atoms with Crippen LogP contribution < -0.4 is 25.6 Å². The van der Waals surface area contributed by atoms with E-state index < -0.39 is 35.4 Å². The first kappa shape index (κ1) is 65.0. The maximum Gasteiger partial charge on any atom is 0.246 e. The van der Waals surface area contributed by atoms with Gasteiger partial charge in [-0.2, -0.15) is 0 Å². The second-order valence-corrected chi connectivity index (χ2v) is 23.3. The number of phenols is 1. The number of aromatic hydroxyl groups is 1. The van der Waals surface area contributed by atoms with Crippen molar-refractivity contribution in [3.8, 4) is 21.9 Å². The lowest BCUT2D eigenvalue weighted by Crippen LogP contribution is -2.58. The van der Waals surface area contributed by atoms with Crippen molar-refractivity contribution in [3.63, 3.8) is 0 Å². The molecule has 22 heteroatoms. The van der Waals surface area contributed by atoms with Gasteiger partial charge in [0.1, 0.15) is 36.0 Å². The van der Waals surface area contributed by atoms with Gasteiger partial charge in [-0.05, 0) is 67.0 Å². The summed E-state index contributed by atoms with van der Waals surface area (Å²) in [7, 11) is 0. The van der Waals surface area contributed by atoms with Gasteiger partial charge in [-0.15, -0.1) is 11.3 Å². The number of hydrogen-bond acceptors (Lipinski definition) is 18. The van der Waals surface area contributed by atoms with E-state index in [4.69, 9.17) is 28.4 Å². The van der Waals surface area contributed by atoms with Crippen LogP contribution in [0.3, 0.4) is 0 Å². The summed E-state index contributed by atoms with van der Waals surface area (Å²) in [6.45, 7) is 13.2. The van der Waals surface area contributed by atoms with Crippen molar-refractivity contribution in [2.24, 2.45) is 5.41 Å². The average molecular weight is 1180 g/mol. The number of carbonyl (C=O) groups is 5. The van der Waals surface area contributed by atoms with Gasteiger partial charge in [-0.1, -0.05) is 82.9 Å². The normalized spacial score (nSPS) is 17.9. The minimum Gasteiger partial charge on any atom is -0.507 e. The first-order valence-corrected chi connectivity index (χ1v) is 30.3. The molecule has 2 aromatic carbocycles. The number of nitrogens with one attached hydrogen (secondary N) is 3. The quantitative estimate of drug-likeness (QED) is 0.0197. The number of hydrogen-bond donors (Lipinski definition) is 5. The lowest BCUT2D eigenvalue weighted by atomic mass is 9.85. The number of likely N-dealkylation sites (tertiary alicyclic amines) is 2. The molecule has 4 aromatic rings. The molecule has 7 rings (SSSR count). The number of aryl methyl sites for hydroxylation is 1. The van der Waals surface area contributed by atoms with Crippen molar-refractivity contribution >= 4 is 46.6 Å². The van der Waals surface area contributed by atoms with Crippen LogP contribution in [0.1, 0.15) is 100 Å². The van der Waals surface area contributed by atoms with Gasteiger partial charge in [0.2, 0.25) is 23.6 Å². The van der Waals surface area contributed by atoms with Crippen LogP contribution in [-0.4, -0.2) is 189 Å². The van der Waals surface area contributed by atoms with Crippen molar-refractivity contribution in [3.05, 3.63) is 101 Å². The van der Waals surface area contributed by atoms with E-state index in [1.807, 2.05) is 75.8 Å². The Morgan fingerprint density at radius 3 is 2.06 bits per heavy atom. The van der Waals surface area contributed by atoms with Crippen LogP contribution in [-0.2, 0) is 49.4 Å². The number of piperazine rings is 1. The maximum absolute atomic E-state index is 13.9. The first-order chi connectivity index (χ1) is 40.6. The number of unbranched alkanes of at least 4 members (excludes halogenated alkanes) is 5. The number of fused-ring (bicyclic) bond motifs is 2. The molecule has 2 bridgehead atoms. The zero-order valence-electron chi connectivity index (χ0n) is 49.2. The molecule has 0 aliphatic carbocycles. The van der Waals surface area contributed by atoms with Crippen molar-refractivity contribution in [1.82, 2.24) is 35.7 Å². The van der Waals surface area contributed by atoms with Gasteiger partial charge in [0.15, 0.2) is 5.78 Å². The molecule has 3 aliphatic heterocycles. The smallest absolute Gasteiger partial charge is 0.246 e. The van der Waals surface area contributed by atoms with E-state index in [2.05, 4.69) is 35.7 Å². The third-order valence-electron chi connectivity index (χ3n) is 15.0. The summed E-state index contributed by atoms with van der Waals surface area (Å²) in [6.07, 6.45) is 11.9. The highest BCUT2D eigenvalue weighted by atomic mass is 32.1. The Hall–Kier alpha value is -6.53. The molecule has 5 atom stereocenters. The Bertz CT molecular complexity index is 2720. The minimum atomic E-state index is -0.969. The molecule has 3 fully saturated rings. The van der Waals surface area contributed by atoms with Gasteiger partial charge in [-0.25, -0.2) is 9.97 Å². The number of β-amino-alcohol motifs (C(OH)–C–C–N with tert-alkyl or cyclic N) is 1. The predicted octanol–water partition coefficient (Wildman–Crippen LogP) is 6.00. The number of ether oxygens (including phenoxy) is 6. The van der Waals surface area contributed by atoms with Crippen LogP contribution >= 0.6 is 11.3 Å². The molecule has 0 unspecified atom stereocenters. The number of pyridine rings is 1. The second kappa shape index (κ2) is 33.8. The maximum atomic E-state index is 13.9. The third-order valence-corrected chi connectivity index (χ3v) is 15.9. The number of thiazole rings is 1. The Balaban J connectivity index is 0.610. The standard InChI is InChI=1S/C62H86N8O13S/c1-44-58(84-43-66-44)46-18-16-45(17-19-46)37-65-60(76)52-36-49(71)41-70(52)61(77)59(62(2,3)4)67-57(75)42-82-34-33-81-32-31-80-30-29-79-28-27-78-26-23-63-56(74)15-9-7-5-6-8-12-25-83-50-20-21-55(64-38-50)69-40-47-35-48(69)39-68(47)24-22-54(73)51-13-10-11-14-53(51)72/h10-11,13-14,16-22,24,38,43,47-49,52,59,71-72H,5-9,12,15,23,25-37,39-42H2,1-4H3,(H,63,74)(H,65,76)(H,67,75)/b24-22+/t47-,48-,49-,52+,59-/m1/s1. The fourth-order valence-electron chi connectivity index (χ4n) is 10.4. The topological polar surface area (TPSA) is 253 Å². The number of allylic oxidation sites excluding steroid dienone is 1. The molecule has 21 nitrogen and oxygen atoms in total. The van der Waals surface area contributed by atoms with Crippen LogP contribution in [0.25, 0.3) is 10.4 Å².